The Balaban J connectivity index is 1.89. The number of hydrogen-bond donors (Lipinski definition) is 1. The summed E-state index contributed by atoms with van der Waals surface area (Å²) in [6, 6.07) is 4.27. The van der Waals surface area contributed by atoms with Crippen molar-refractivity contribution in [1.29, 1.82) is 0 Å². The van der Waals surface area contributed by atoms with Crippen LogP contribution in [0.3, 0.4) is 0 Å². The van der Waals surface area contributed by atoms with Gasteiger partial charge in [-0.1, -0.05) is 0 Å². The van der Waals surface area contributed by atoms with Crippen LogP contribution in [0.5, 0.6) is 0 Å². The molecule has 0 spiro atoms. The van der Waals surface area contributed by atoms with E-state index in [-0.39, 0.29) is 6.04 Å². The minimum atomic E-state index is 0.205. The first-order valence-electron chi connectivity index (χ1n) is 6.54. The highest BCUT2D eigenvalue weighted by atomic mass is 16.3. The van der Waals surface area contributed by atoms with Crippen molar-refractivity contribution in [2.75, 3.05) is 13.1 Å². The molecule has 0 aliphatic carbocycles. The van der Waals surface area contributed by atoms with E-state index in [0.717, 1.165) is 24.6 Å². The number of nitrogens with zero attached hydrogens (tertiary/aromatic N) is 2. The number of rotatable bonds is 3. The lowest BCUT2D eigenvalue weighted by Gasteiger charge is -2.17. The Morgan fingerprint density at radius 1 is 1.50 bits per heavy atom. The Kier molecular flexibility index (Phi) is 2.96. The number of aryl methyl sites for hydroxylation is 1. The van der Waals surface area contributed by atoms with Crippen LogP contribution in [-0.4, -0.2) is 22.6 Å². The van der Waals surface area contributed by atoms with Crippen LogP contribution >= 0.6 is 0 Å². The van der Waals surface area contributed by atoms with Crippen LogP contribution in [0.1, 0.15) is 42.5 Å². The van der Waals surface area contributed by atoms with E-state index in [0.29, 0.717) is 5.92 Å². The summed E-state index contributed by atoms with van der Waals surface area (Å²) in [6.07, 6.45) is 5.09. The van der Waals surface area contributed by atoms with Gasteiger partial charge in [-0.2, -0.15) is 0 Å². The van der Waals surface area contributed by atoms with Crippen LogP contribution in [0.25, 0.3) is 0 Å². The van der Waals surface area contributed by atoms with E-state index in [9.17, 15) is 0 Å². The third-order valence-electron chi connectivity index (χ3n) is 3.76. The molecule has 2 unspecified atom stereocenters. The average molecular weight is 245 g/mol. The summed E-state index contributed by atoms with van der Waals surface area (Å²) in [5.74, 6) is 2.53. The third-order valence-corrected chi connectivity index (χ3v) is 3.76. The van der Waals surface area contributed by atoms with E-state index in [4.69, 9.17) is 4.42 Å². The van der Waals surface area contributed by atoms with E-state index in [2.05, 4.69) is 27.9 Å². The van der Waals surface area contributed by atoms with E-state index in [1.54, 1.807) is 0 Å². The second-order valence-electron chi connectivity index (χ2n) is 5.04. The molecule has 3 rings (SSSR count). The molecule has 2 aromatic heterocycles. The van der Waals surface area contributed by atoms with Crippen LogP contribution < -0.4 is 5.32 Å². The standard InChI is InChI=1S/C14H19N3O/c1-10-3-4-14(18-10)11(2)17-9-16-8-13(17)12-5-6-15-7-12/h3-4,8-9,11-12,15H,5-7H2,1-2H3. The molecule has 2 atom stereocenters. The molecule has 2 aromatic rings. The predicted molar refractivity (Wildman–Crippen MR) is 69.7 cm³/mol. The van der Waals surface area contributed by atoms with Gasteiger partial charge >= 0.3 is 0 Å². The van der Waals surface area contributed by atoms with Gasteiger partial charge < -0.3 is 14.3 Å². The summed E-state index contributed by atoms with van der Waals surface area (Å²) in [6.45, 7) is 6.29. The Morgan fingerprint density at radius 3 is 3.06 bits per heavy atom. The normalized spacial score (nSPS) is 21.3. The Bertz CT molecular complexity index is 523. The Morgan fingerprint density at radius 2 is 2.39 bits per heavy atom. The molecule has 1 saturated heterocycles. The van der Waals surface area contributed by atoms with Crippen molar-refractivity contribution >= 4 is 0 Å². The van der Waals surface area contributed by atoms with Crippen molar-refractivity contribution < 1.29 is 4.42 Å². The first-order chi connectivity index (χ1) is 8.75. The van der Waals surface area contributed by atoms with Gasteiger partial charge in [0, 0.05) is 24.4 Å². The molecule has 1 aliphatic heterocycles. The van der Waals surface area contributed by atoms with Crippen molar-refractivity contribution in [1.82, 2.24) is 14.9 Å². The number of furan rings is 1. The quantitative estimate of drug-likeness (QED) is 0.903. The molecule has 1 fully saturated rings. The zero-order valence-corrected chi connectivity index (χ0v) is 10.9. The van der Waals surface area contributed by atoms with Gasteiger partial charge in [-0.3, -0.25) is 0 Å². The highest BCUT2D eigenvalue weighted by Gasteiger charge is 2.23. The van der Waals surface area contributed by atoms with E-state index in [1.165, 1.54) is 12.1 Å². The number of nitrogens with one attached hydrogen (secondary N) is 1. The maximum atomic E-state index is 5.72. The number of hydrogen-bond acceptors (Lipinski definition) is 3. The van der Waals surface area contributed by atoms with Crippen LogP contribution in [0.4, 0.5) is 0 Å². The van der Waals surface area contributed by atoms with Crippen LogP contribution in [0.2, 0.25) is 0 Å². The molecular formula is C14H19N3O. The first-order valence-corrected chi connectivity index (χ1v) is 6.54. The summed E-state index contributed by atoms with van der Waals surface area (Å²) in [5, 5.41) is 3.41. The van der Waals surface area contributed by atoms with E-state index >= 15 is 0 Å². The van der Waals surface area contributed by atoms with E-state index in [1.807, 2.05) is 25.5 Å². The molecule has 1 N–H and O–H groups in total. The lowest BCUT2D eigenvalue weighted by atomic mass is 10.0. The molecule has 0 amide bonds. The molecular weight excluding hydrogens is 226 g/mol. The summed E-state index contributed by atoms with van der Waals surface area (Å²) >= 11 is 0. The zero-order chi connectivity index (χ0) is 12.5. The van der Waals surface area contributed by atoms with Gasteiger partial charge in [0.1, 0.15) is 11.5 Å². The minimum absolute atomic E-state index is 0.205. The highest BCUT2D eigenvalue weighted by Crippen LogP contribution is 2.28. The zero-order valence-electron chi connectivity index (χ0n) is 10.9. The Hall–Kier alpha value is -1.55. The van der Waals surface area contributed by atoms with Crippen molar-refractivity contribution in [2.45, 2.75) is 32.2 Å². The van der Waals surface area contributed by atoms with Gasteiger partial charge in [0.2, 0.25) is 0 Å². The molecule has 4 nitrogen and oxygen atoms in total. The fourth-order valence-electron chi connectivity index (χ4n) is 2.68. The number of imidazole rings is 1. The molecule has 1 aliphatic rings. The summed E-state index contributed by atoms with van der Waals surface area (Å²) in [7, 11) is 0. The predicted octanol–water partition coefficient (Wildman–Crippen LogP) is 2.47. The van der Waals surface area contributed by atoms with Crippen molar-refractivity contribution in [2.24, 2.45) is 0 Å². The molecule has 4 heteroatoms. The monoisotopic (exact) mass is 245 g/mol. The maximum absolute atomic E-state index is 5.72. The topological polar surface area (TPSA) is 43.0 Å². The van der Waals surface area contributed by atoms with Crippen molar-refractivity contribution in [3.63, 3.8) is 0 Å². The molecule has 0 saturated carbocycles. The highest BCUT2D eigenvalue weighted by molar-refractivity contribution is 5.16. The van der Waals surface area contributed by atoms with E-state index < -0.39 is 0 Å². The van der Waals surface area contributed by atoms with Crippen molar-refractivity contribution in [3.05, 3.63) is 41.9 Å². The van der Waals surface area contributed by atoms with Crippen LogP contribution in [0, 0.1) is 6.92 Å². The molecule has 18 heavy (non-hydrogen) atoms. The average Bonchev–Trinajstić information content (AvgIpc) is 3.08. The van der Waals surface area contributed by atoms with Crippen LogP contribution in [0.15, 0.2) is 29.1 Å². The SMILES string of the molecule is Cc1ccc(C(C)n2cncc2C2CCNC2)o1. The molecule has 0 bridgehead atoms. The lowest BCUT2D eigenvalue weighted by Crippen LogP contribution is -2.14. The molecule has 96 valence electrons. The Labute approximate surface area is 107 Å². The first kappa shape index (κ1) is 11.5. The largest absolute Gasteiger partial charge is 0.464 e. The molecule has 0 radical (unpaired) electrons. The van der Waals surface area contributed by atoms with Gasteiger partial charge in [0.05, 0.1) is 12.4 Å². The smallest absolute Gasteiger partial charge is 0.126 e. The summed E-state index contributed by atoms with van der Waals surface area (Å²) in [4.78, 5) is 4.31. The molecule has 3 heterocycles. The summed E-state index contributed by atoms with van der Waals surface area (Å²) in [5.41, 5.74) is 1.31. The van der Waals surface area contributed by atoms with Gasteiger partial charge in [0.25, 0.3) is 0 Å². The van der Waals surface area contributed by atoms with Gasteiger partial charge in [-0.05, 0) is 38.9 Å². The lowest BCUT2D eigenvalue weighted by molar-refractivity contribution is 0.420. The van der Waals surface area contributed by atoms with Gasteiger partial charge in [0.15, 0.2) is 0 Å². The second kappa shape index (κ2) is 4.61. The number of aromatic nitrogens is 2. The van der Waals surface area contributed by atoms with Gasteiger partial charge in [-0.15, -0.1) is 0 Å². The maximum Gasteiger partial charge on any atom is 0.126 e. The van der Waals surface area contributed by atoms with Crippen molar-refractivity contribution in [3.8, 4) is 0 Å². The molecule has 0 aromatic carbocycles. The third kappa shape index (κ3) is 1.97. The van der Waals surface area contributed by atoms with Gasteiger partial charge in [-0.25, -0.2) is 4.98 Å². The van der Waals surface area contributed by atoms with Crippen LogP contribution in [-0.2, 0) is 0 Å². The fraction of sp³-hybridized carbons (Fsp3) is 0.500. The minimum Gasteiger partial charge on any atom is -0.464 e. The fourth-order valence-corrected chi connectivity index (χ4v) is 2.68. The second-order valence-corrected chi connectivity index (χ2v) is 5.04. The summed E-state index contributed by atoms with van der Waals surface area (Å²) < 4.78 is 7.95.